The topological polar surface area (TPSA) is 21.3 Å². The van der Waals surface area contributed by atoms with E-state index in [0.717, 1.165) is 28.4 Å². The molecule has 2 aromatic carbocycles. The summed E-state index contributed by atoms with van der Waals surface area (Å²) in [4.78, 5) is 0. The molecule has 0 bridgehead atoms. The van der Waals surface area contributed by atoms with E-state index in [2.05, 4.69) is 24.4 Å². The highest BCUT2D eigenvalue weighted by Crippen LogP contribution is 2.24. The van der Waals surface area contributed by atoms with Crippen LogP contribution in [0.1, 0.15) is 31.0 Å². The third kappa shape index (κ3) is 3.75. The molecular weight excluding hydrogens is 270 g/mol. The molecule has 0 saturated carbocycles. The number of hydrogen-bond donors (Lipinski definition) is 1. The van der Waals surface area contributed by atoms with Crippen LogP contribution < -0.4 is 10.1 Å². The summed E-state index contributed by atoms with van der Waals surface area (Å²) in [6.45, 7) is 5.54. The molecule has 106 valence electrons. The molecule has 0 radical (unpaired) electrons. The number of rotatable bonds is 6. The molecule has 0 spiro atoms. The fraction of sp³-hybridized carbons (Fsp3) is 0.294. The van der Waals surface area contributed by atoms with Gasteiger partial charge in [0.15, 0.2) is 0 Å². The molecule has 0 saturated heterocycles. The first kappa shape index (κ1) is 14.9. The quantitative estimate of drug-likeness (QED) is 0.840. The van der Waals surface area contributed by atoms with E-state index in [0.29, 0.717) is 6.61 Å². The number of nitrogens with one attached hydrogen (secondary N) is 1. The minimum atomic E-state index is 0.193. The molecule has 2 nitrogen and oxygen atoms in total. The summed E-state index contributed by atoms with van der Waals surface area (Å²) < 4.78 is 5.63. The Morgan fingerprint density at radius 2 is 1.80 bits per heavy atom. The molecule has 3 heteroatoms. The van der Waals surface area contributed by atoms with Gasteiger partial charge in [-0.25, -0.2) is 0 Å². The normalized spacial score (nSPS) is 12.2. The van der Waals surface area contributed by atoms with E-state index in [4.69, 9.17) is 16.3 Å². The second kappa shape index (κ2) is 7.32. The van der Waals surface area contributed by atoms with Gasteiger partial charge in [-0.1, -0.05) is 48.0 Å². The lowest BCUT2D eigenvalue weighted by atomic mass is 10.1. The number of hydrogen-bond acceptors (Lipinski definition) is 2. The number of benzene rings is 2. The van der Waals surface area contributed by atoms with Crippen molar-refractivity contribution in [3.63, 3.8) is 0 Å². The first-order valence-electron chi connectivity index (χ1n) is 6.91. The van der Waals surface area contributed by atoms with Gasteiger partial charge in [0, 0.05) is 23.2 Å². The largest absolute Gasteiger partial charge is 0.494 e. The second-order valence-corrected chi connectivity index (χ2v) is 5.07. The summed E-state index contributed by atoms with van der Waals surface area (Å²) in [6, 6.07) is 16.2. The van der Waals surface area contributed by atoms with Crippen molar-refractivity contribution in [1.82, 2.24) is 5.32 Å². The lowest BCUT2D eigenvalue weighted by Gasteiger charge is -2.17. The third-order valence-corrected chi connectivity index (χ3v) is 3.59. The summed E-state index contributed by atoms with van der Waals surface area (Å²) in [7, 11) is 0. The van der Waals surface area contributed by atoms with Crippen LogP contribution in [-0.4, -0.2) is 6.61 Å². The van der Waals surface area contributed by atoms with Gasteiger partial charge in [0.1, 0.15) is 5.75 Å². The van der Waals surface area contributed by atoms with Gasteiger partial charge in [0.2, 0.25) is 0 Å². The van der Waals surface area contributed by atoms with Crippen LogP contribution in [0.3, 0.4) is 0 Å². The summed E-state index contributed by atoms with van der Waals surface area (Å²) in [5.74, 6) is 0.939. The standard InChI is InChI=1S/C17H20ClNO/c1-3-20-17-11-7-4-8-14(17)12-19-13(2)15-9-5-6-10-16(15)18/h4-11,13,19H,3,12H2,1-2H3/t13-/m0/s1. The minimum Gasteiger partial charge on any atom is -0.494 e. The fourth-order valence-corrected chi connectivity index (χ4v) is 2.44. The summed E-state index contributed by atoms with van der Waals surface area (Å²) in [5.41, 5.74) is 2.27. The van der Waals surface area contributed by atoms with Crippen LogP contribution in [0.4, 0.5) is 0 Å². The molecule has 0 aliphatic rings. The van der Waals surface area contributed by atoms with Crippen LogP contribution in [0.15, 0.2) is 48.5 Å². The predicted octanol–water partition coefficient (Wildman–Crippen LogP) is 4.59. The van der Waals surface area contributed by atoms with Crippen molar-refractivity contribution in [1.29, 1.82) is 0 Å². The maximum Gasteiger partial charge on any atom is 0.123 e. The Morgan fingerprint density at radius 3 is 2.55 bits per heavy atom. The van der Waals surface area contributed by atoms with E-state index < -0.39 is 0 Å². The van der Waals surface area contributed by atoms with E-state index in [-0.39, 0.29) is 6.04 Å². The number of halogens is 1. The van der Waals surface area contributed by atoms with Gasteiger partial charge in [-0.3, -0.25) is 0 Å². The molecule has 2 rings (SSSR count). The van der Waals surface area contributed by atoms with Crippen molar-refractivity contribution in [2.24, 2.45) is 0 Å². The molecule has 0 amide bonds. The van der Waals surface area contributed by atoms with Gasteiger partial charge in [-0.2, -0.15) is 0 Å². The van der Waals surface area contributed by atoms with Crippen LogP contribution in [-0.2, 0) is 6.54 Å². The molecule has 0 aromatic heterocycles. The first-order valence-corrected chi connectivity index (χ1v) is 7.28. The van der Waals surface area contributed by atoms with Crippen LogP contribution in [0.25, 0.3) is 0 Å². The molecule has 20 heavy (non-hydrogen) atoms. The van der Waals surface area contributed by atoms with Gasteiger partial charge in [0.05, 0.1) is 6.61 Å². The zero-order valence-corrected chi connectivity index (χ0v) is 12.7. The Labute approximate surface area is 125 Å². The minimum absolute atomic E-state index is 0.193. The molecule has 1 atom stereocenters. The monoisotopic (exact) mass is 289 g/mol. The maximum absolute atomic E-state index is 6.22. The van der Waals surface area contributed by atoms with Crippen LogP contribution in [0, 0.1) is 0 Å². The zero-order valence-electron chi connectivity index (χ0n) is 11.9. The smallest absolute Gasteiger partial charge is 0.123 e. The SMILES string of the molecule is CCOc1ccccc1CN[C@@H](C)c1ccccc1Cl. The average molecular weight is 290 g/mol. The predicted molar refractivity (Wildman–Crippen MR) is 84.3 cm³/mol. The van der Waals surface area contributed by atoms with Gasteiger partial charge in [0.25, 0.3) is 0 Å². The van der Waals surface area contributed by atoms with E-state index in [1.807, 2.05) is 43.3 Å². The highest BCUT2D eigenvalue weighted by atomic mass is 35.5. The van der Waals surface area contributed by atoms with Gasteiger partial charge < -0.3 is 10.1 Å². The van der Waals surface area contributed by atoms with E-state index >= 15 is 0 Å². The molecule has 0 aliphatic carbocycles. The van der Waals surface area contributed by atoms with Crippen molar-refractivity contribution in [2.75, 3.05) is 6.61 Å². The molecule has 0 unspecified atom stereocenters. The lowest BCUT2D eigenvalue weighted by molar-refractivity contribution is 0.335. The van der Waals surface area contributed by atoms with Gasteiger partial charge in [-0.05, 0) is 31.5 Å². The first-order chi connectivity index (χ1) is 9.72. The highest BCUT2D eigenvalue weighted by Gasteiger charge is 2.09. The maximum atomic E-state index is 6.22. The summed E-state index contributed by atoms with van der Waals surface area (Å²) in [6.07, 6.45) is 0. The summed E-state index contributed by atoms with van der Waals surface area (Å²) >= 11 is 6.22. The third-order valence-electron chi connectivity index (χ3n) is 3.24. The van der Waals surface area contributed by atoms with Crippen LogP contribution in [0.2, 0.25) is 5.02 Å². The van der Waals surface area contributed by atoms with Crippen molar-refractivity contribution < 1.29 is 4.74 Å². The fourth-order valence-electron chi connectivity index (χ4n) is 2.15. The Bertz CT molecular complexity index is 556. The van der Waals surface area contributed by atoms with Gasteiger partial charge in [-0.15, -0.1) is 0 Å². The molecule has 2 aromatic rings. The lowest BCUT2D eigenvalue weighted by Crippen LogP contribution is -2.18. The van der Waals surface area contributed by atoms with E-state index in [1.54, 1.807) is 0 Å². The van der Waals surface area contributed by atoms with Crippen molar-refractivity contribution in [2.45, 2.75) is 26.4 Å². The highest BCUT2D eigenvalue weighted by molar-refractivity contribution is 6.31. The number of para-hydroxylation sites is 1. The molecule has 0 fully saturated rings. The second-order valence-electron chi connectivity index (χ2n) is 4.66. The van der Waals surface area contributed by atoms with Crippen LogP contribution >= 0.6 is 11.6 Å². The molecular formula is C17H20ClNO. The Kier molecular flexibility index (Phi) is 5.45. The van der Waals surface area contributed by atoms with E-state index in [9.17, 15) is 0 Å². The Balaban J connectivity index is 2.04. The van der Waals surface area contributed by atoms with Crippen LogP contribution in [0.5, 0.6) is 5.75 Å². The molecule has 0 aliphatic heterocycles. The molecule has 0 heterocycles. The van der Waals surface area contributed by atoms with Crippen molar-refractivity contribution >= 4 is 11.6 Å². The average Bonchev–Trinajstić information content (AvgIpc) is 2.47. The Hall–Kier alpha value is -1.51. The van der Waals surface area contributed by atoms with E-state index in [1.165, 1.54) is 0 Å². The summed E-state index contributed by atoms with van der Waals surface area (Å²) in [5, 5.41) is 4.29. The Morgan fingerprint density at radius 1 is 1.10 bits per heavy atom. The van der Waals surface area contributed by atoms with Crippen molar-refractivity contribution in [3.05, 3.63) is 64.7 Å². The van der Waals surface area contributed by atoms with Crippen molar-refractivity contribution in [3.8, 4) is 5.75 Å². The number of ether oxygens (including phenoxy) is 1. The van der Waals surface area contributed by atoms with Gasteiger partial charge >= 0.3 is 0 Å². The molecule has 1 N–H and O–H groups in total. The zero-order chi connectivity index (χ0) is 14.4.